The van der Waals surface area contributed by atoms with Gasteiger partial charge in [0.1, 0.15) is 5.75 Å². The second kappa shape index (κ2) is 9.38. The Balaban J connectivity index is 2.16. The lowest BCUT2D eigenvalue weighted by molar-refractivity contribution is -0.116. The predicted octanol–water partition coefficient (Wildman–Crippen LogP) is 3.64. The number of ether oxygens (including phenoxy) is 1. The van der Waals surface area contributed by atoms with Gasteiger partial charge in [-0.1, -0.05) is 13.8 Å². The Morgan fingerprint density at radius 3 is 2.04 bits per heavy atom. The summed E-state index contributed by atoms with van der Waals surface area (Å²) in [4.78, 5) is 35.7. The topological polar surface area (TPSA) is 96.5 Å². The van der Waals surface area contributed by atoms with Crippen LogP contribution in [-0.4, -0.2) is 24.8 Å². The molecule has 27 heavy (non-hydrogen) atoms. The van der Waals surface area contributed by atoms with Crippen molar-refractivity contribution in [3.8, 4) is 5.75 Å². The van der Waals surface area contributed by atoms with Crippen molar-refractivity contribution in [3.05, 3.63) is 48.0 Å². The minimum atomic E-state index is -0.333. The monoisotopic (exact) mass is 369 g/mol. The molecule has 0 saturated heterocycles. The molecular weight excluding hydrogens is 346 g/mol. The number of carbonyl (C=O) groups excluding carboxylic acids is 3. The second-order valence-electron chi connectivity index (χ2n) is 5.75. The molecule has 0 aliphatic carbocycles. The van der Waals surface area contributed by atoms with Crippen LogP contribution in [0.25, 0.3) is 0 Å². The van der Waals surface area contributed by atoms with E-state index in [0.29, 0.717) is 41.2 Å². The SMILES string of the molecule is CCC(=O)Nc1ccc(C(=O)Nc2ccc(OC)cc2NC(=O)CC)cc1. The standard InChI is InChI=1S/C20H23N3O4/c1-4-18(24)21-14-8-6-13(7-9-14)20(26)23-16-11-10-15(27-3)12-17(16)22-19(25)5-2/h6-12H,4-5H2,1-3H3,(H,21,24)(H,22,25)(H,23,26). The van der Waals surface area contributed by atoms with Gasteiger partial charge in [-0.25, -0.2) is 0 Å². The molecule has 2 aromatic rings. The Morgan fingerprint density at radius 2 is 1.44 bits per heavy atom. The molecule has 3 amide bonds. The molecule has 2 rings (SSSR count). The Labute approximate surface area is 158 Å². The number of nitrogens with one attached hydrogen (secondary N) is 3. The van der Waals surface area contributed by atoms with Crippen molar-refractivity contribution in [1.29, 1.82) is 0 Å². The van der Waals surface area contributed by atoms with E-state index in [2.05, 4.69) is 16.0 Å². The first-order chi connectivity index (χ1) is 13.0. The summed E-state index contributed by atoms with van der Waals surface area (Å²) < 4.78 is 5.17. The summed E-state index contributed by atoms with van der Waals surface area (Å²) >= 11 is 0. The first-order valence-electron chi connectivity index (χ1n) is 8.66. The van der Waals surface area contributed by atoms with Crippen molar-refractivity contribution < 1.29 is 19.1 Å². The number of carbonyl (C=O) groups is 3. The molecule has 0 bridgehead atoms. The van der Waals surface area contributed by atoms with Gasteiger partial charge in [0.2, 0.25) is 11.8 Å². The van der Waals surface area contributed by atoms with Crippen LogP contribution in [0.4, 0.5) is 17.1 Å². The van der Waals surface area contributed by atoms with Gasteiger partial charge in [0.05, 0.1) is 18.5 Å². The average Bonchev–Trinajstić information content (AvgIpc) is 2.69. The van der Waals surface area contributed by atoms with Crippen molar-refractivity contribution in [2.75, 3.05) is 23.1 Å². The zero-order chi connectivity index (χ0) is 19.8. The number of hydrogen-bond acceptors (Lipinski definition) is 4. The van der Waals surface area contributed by atoms with Crippen LogP contribution in [0, 0.1) is 0 Å². The fraction of sp³-hybridized carbons (Fsp3) is 0.250. The van der Waals surface area contributed by atoms with Crippen LogP contribution >= 0.6 is 0 Å². The molecule has 0 unspecified atom stereocenters. The lowest BCUT2D eigenvalue weighted by Gasteiger charge is -2.14. The lowest BCUT2D eigenvalue weighted by atomic mass is 10.1. The van der Waals surface area contributed by atoms with E-state index in [1.54, 1.807) is 56.3 Å². The molecule has 0 fully saturated rings. The van der Waals surface area contributed by atoms with E-state index in [1.165, 1.54) is 7.11 Å². The van der Waals surface area contributed by atoms with Gasteiger partial charge in [-0.15, -0.1) is 0 Å². The highest BCUT2D eigenvalue weighted by Gasteiger charge is 2.12. The quantitative estimate of drug-likeness (QED) is 0.694. The van der Waals surface area contributed by atoms with Gasteiger partial charge in [0, 0.05) is 30.2 Å². The highest BCUT2D eigenvalue weighted by atomic mass is 16.5. The van der Waals surface area contributed by atoms with Gasteiger partial charge >= 0.3 is 0 Å². The van der Waals surface area contributed by atoms with E-state index in [4.69, 9.17) is 4.74 Å². The molecule has 0 radical (unpaired) electrons. The minimum Gasteiger partial charge on any atom is -0.497 e. The summed E-state index contributed by atoms with van der Waals surface area (Å²) in [7, 11) is 1.53. The first-order valence-corrected chi connectivity index (χ1v) is 8.66. The van der Waals surface area contributed by atoms with E-state index in [9.17, 15) is 14.4 Å². The zero-order valence-electron chi connectivity index (χ0n) is 15.6. The van der Waals surface area contributed by atoms with E-state index >= 15 is 0 Å². The van der Waals surface area contributed by atoms with Crippen molar-refractivity contribution in [1.82, 2.24) is 0 Å². The molecule has 142 valence electrons. The largest absolute Gasteiger partial charge is 0.497 e. The van der Waals surface area contributed by atoms with Crippen LogP contribution in [0.1, 0.15) is 37.0 Å². The maximum Gasteiger partial charge on any atom is 0.255 e. The smallest absolute Gasteiger partial charge is 0.255 e. The number of hydrogen-bond donors (Lipinski definition) is 3. The van der Waals surface area contributed by atoms with Crippen LogP contribution in [0.2, 0.25) is 0 Å². The molecule has 0 spiro atoms. The van der Waals surface area contributed by atoms with E-state index in [-0.39, 0.29) is 17.7 Å². The Kier molecular flexibility index (Phi) is 6.93. The number of amides is 3. The number of methoxy groups -OCH3 is 1. The average molecular weight is 369 g/mol. The van der Waals surface area contributed by atoms with E-state index in [1.807, 2.05) is 0 Å². The Morgan fingerprint density at radius 1 is 0.815 bits per heavy atom. The normalized spacial score (nSPS) is 10.0. The van der Waals surface area contributed by atoms with Gasteiger partial charge in [0.25, 0.3) is 5.91 Å². The van der Waals surface area contributed by atoms with Crippen LogP contribution < -0.4 is 20.7 Å². The van der Waals surface area contributed by atoms with E-state index < -0.39 is 0 Å². The molecule has 7 heteroatoms. The van der Waals surface area contributed by atoms with Crippen LogP contribution in [0.5, 0.6) is 5.75 Å². The Bertz CT molecular complexity index is 832. The van der Waals surface area contributed by atoms with Crippen LogP contribution in [-0.2, 0) is 9.59 Å². The molecule has 3 N–H and O–H groups in total. The molecule has 0 aliphatic heterocycles. The van der Waals surface area contributed by atoms with Crippen molar-refractivity contribution >= 4 is 34.8 Å². The van der Waals surface area contributed by atoms with Crippen LogP contribution in [0.15, 0.2) is 42.5 Å². The molecule has 0 aromatic heterocycles. The van der Waals surface area contributed by atoms with Gasteiger partial charge in [-0.3, -0.25) is 14.4 Å². The molecule has 0 aliphatic rings. The van der Waals surface area contributed by atoms with Crippen LogP contribution in [0.3, 0.4) is 0 Å². The highest BCUT2D eigenvalue weighted by molar-refractivity contribution is 6.07. The molecule has 0 atom stereocenters. The predicted molar refractivity (Wildman–Crippen MR) is 105 cm³/mol. The number of benzene rings is 2. The van der Waals surface area contributed by atoms with Gasteiger partial charge in [0.15, 0.2) is 0 Å². The summed E-state index contributed by atoms with van der Waals surface area (Å²) in [5, 5.41) is 8.26. The summed E-state index contributed by atoms with van der Waals surface area (Å²) in [6.45, 7) is 3.51. The molecular formula is C20H23N3O4. The molecule has 0 heterocycles. The van der Waals surface area contributed by atoms with Gasteiger partial charge < -0.3 is 20.7 Å². The third-order valence-corrected chi connectivity index (χ3v) is 3.82. The third kappa shape index (κ3) is 5.57. The third-order valence-electron chi connectivity index (χ3n) is 3.82. The lowest BCUT2D eigenvalue weighted by Crippen LogP contribution is -2.16. The van der Waals surface area contributed by atoms with Gasteiger partial charge in [-0.2, -0.15) is 0 Å². The first kappa shape index (κ1) is 20.0. The fourth-order valence-electron chi connectivity index (χ4n) is 2.25. The molecule has 2 aromatic carbocycles. The van der Waals surface area contributed by atoms with Gasteiger partial charge in [-0.05, 0) is 36.4 Å². The Hall–Kier alpha value is -3.35. The fourth-order valence-corrected chi connectivity index (χ4v) is 2.25. The van der Waals surface area contributed by atoms with Crippen molar-refractivity contribution in [3.63, 3.8) is 0 Å². The van der Waals surface area contributed by atoms with E-state index in [0.717, 1.165) is 0 Å². The van der Waals surface area contributed by atoms with Crippen molar-refractivity contribution in [2.45, 2.75) is 26.7 Å². The second-order valence-corrected chi connectivity index (χ2v) is 5.75. The summed E-state index contributed by atoms with van der Waals surface area (Å²) in [6.07, 6.45) is 0.696. The highest BCUT2D eigenvalue weighted by Crippen LogP contribution is 2.28. The number of anilines is 3. The summed E-state index contributed by atoms with van der Waals surface area (Å²) in [5.41, 5.74) is 1.97. The number of rotatable bonds is 7. The maximum atomic E-state index is 12.5. The maximum absolute atomic E-state index is 12.5. The summed E-state index contributed by atoms with van der Waals surface area (Å²) in [6, 6.07) is 11.6. The minimum absolute atomic E-state index is 0.0956. The molecule has 7 nitrogen and oxygen atoms in total. The summed E-state index contributed by atoms with van der Waals surface area (Å²) in [5.74, 6) is -0.0348. The zero-order valence-corrected chi connectivity index (χ0v) is 15.6. The van der Waals surface area contributed by atoms with Crippen molar-refractivity contribution in [2.24, 2.45) is 0 Å². The molecule has 0 saturated carbocycles.